The fraction of sp³-hybridized carbons (Fsp3) is 0.310. The van der Waals surface area contributed by atoms with Crippen molar-refractivity contribution in [3.63, 3.8) is 0 Å². The van der Waals surface area contributed by atoms with E-state index in [0.717, 1.165) is 46.9 Å². The van der Waals surface area contributed by atoms with Gasteiger partial charge in [-0.3, -0.25) is 9.79 Å². The summed E-state index contributed by atoms with van der Waals surface area (Å²) in [6.45, 7) is 3.20. The van der Waals surface area contributed by atoms with Crippen LogP contribution in [0.3, 0.4) is 0 Å². The molecule has 1 aliphatic carbocycles. The highest BCUT2D eigenvalue weighted by molar-refractivity contribution is 6.08. The van der Waals surface area contributed by atoms with Gasteiger partial charge in [0.25, 0.3) is 5.91 Å². The van der Waals surface area contributed by atoms with Crippen LogP contribution in [0.4, 0.5) is 5.69 Å². The molecule has 7 heteroatoms. The topological polar surface area (TPSA) is 86.3 Å². The predicted molar refractivity (Wildman–Crippen MR) is 141 cm³/mol. The SMILES string of the molecule is Cc1cnc(C2C=C(C#N)C(=NCCNC3c4ccccc4C(=O)N(C)c4ccccc43)CC2)n1C. The first-order chi connectivity index (χ1) is 17.5. The largest absolute Gasteiger partial charge is 0.335 e. The zero-order valence-electron chi connectivity index (χ0n) is 20.9. The first-order valence-corrected chi connectivity index (χ1v) is 12.3. The van der Waals surface area contributed by atoms with Gasteiger partial charge < -0.3 is 14.8 Å². The Morgan fingerprint density at radius 1 is 1.14 bits per heavy atom. The summed E-state index contributed by atoms with van der Waals surface area (Å²) in [5.74, 6) is 1.11. The molecule has 0 saturated heterocycles. The molecular formula is C29H30N6O. The number of nitriles is 1. The van der Waals surface area contributed by atoms with Gasteiger partial charge in [0.15, 0.2) is 0 Å². The van der Waals surface area contributed by atoms with Crippen molar-refractivity contribution >= 4 is 17.3 Å². The lowest BCUT2D eigenvalue weighted by molar-refractivity contribution is 0.0993. The van der Waals surface area contributed by atoms with Crippen molar-refractivity contribution in [1.82, 2.24) is 14.9 Å². The maximum absolute atomic E-state index is 13.1. The Kier molecular flexibility index (Phi) is 6.53. The molecule has 1 aliphatic heterocycles. The number of benzene rings is 2. The number of nitrogens with one attached hydrogen (secondary N) is 1. The fourth-order valence-electron chi connectivity index (χ4n) is 5.19. The third kappa shape index (κ3) is 4.25. The van der Waals surface area contributed by atoms with E-state index >= 15 is 0 Å². The average molecular weight is 479 g/mol. The molecule has 0 saturated carbocycles. The Morgan fingerprint density at radius 3 is 2.64 bits per heavy atom. The van der Waals surface area contributed by atoms with Gasteiger partial charge in [0.1, 0.15) is 11.9 Å². The van der Waals surface area contributed by atoms with Crippen molar-refractivity contribution in [2.75, 3.05) is 25.0 Å². The van der Waals surface area contributed by atoms with Gasteiger partial charge in [-0.2, -0.15) is 5.26 Å². The van der Waals surface area contributed by atoms with Crippen molar-refractivity contribution in [2.24, 2.45) is 12.0 Å². The minimum atomic E-state index is -0.125. The number of aliphatic imine (C=N–C) groups is 1. The van der Waals surface area contributed by atoms with Crippen molar-refractivity contribution in [3.8, 4) is 6.07 Å². The molecule has 3 aromatic rings. The van der Waals surface area contributed by atoms with Crippen LogP contribution in [0, 0.1) is 18.3 Å². The number of rotatable bonds is 5. The summed E-state index contributed by atoms with van der Waals surface area (Å²) in [5, 5.41) is 13.4. The van der Waals surface area contributed by atoms with E-state index in [9.17, 15) is 10.1 Å². The number of allylic oxidation sites excluding steroid dienone is 2. The number of hydrogen-bond acceptors (Lipinski definition) is 5. The Morgan fingerprint density at radius 2 is 1.89 bits per heavy atom. The summed E-state index contributed by atoms with van der Waals surface area (Å²) in [7, 11) is 3.84. The number of amides is 1. The van der Waals surface area contributed by atoms with Crippen LogP contribution in [0.1, 0.15) is 57.8 Å². The van der Waals surface area contributed by atoms with E-state index in [4.69, 9.17) is 4.99 Å². The molecule has 0 radical (unpaired) electrons. The molecule has 7 nitrogen and oxygen atoms in total. The standard InChI is InChI=1S/C29H30N6O/c1-19-18-33-28(34(19)2)20-12-13-25(21(16-20)17-30)31-14-15-32-27-22-8-4-5-9-23(22)29(36)35(3)26-11-7-6-10-24(26)27/h4-11,16,18,20,27,32H,12-15H2,1-3H3. The number of anilines is 1. The Hall–Kier alpha value is -4.02. The van der Waals surface area contributed by atoms with Crippen LogP contribution in [-0.4, -0.2) is 41.3 Å². The average Bonchev–Trinajstić information content (AvgIpc) is 3.21. The molecular weight excluding hydrogens is 448 g/mol. The smallest absolute Gasteiger partial charge is 0.258 e. The molecule has 2 aromatic carbocycles. The first kappa shape index (κ1) is 23.7. The van der Waals surface area contributed by atoms with Crippen molar-refractivity contribution in [2.45, 2.75) is 31.7 Å². The van der Waals surface area contributed by atoms with E-state index in [1.54, 1.807) is 4.90 Å². The molecule has 2 aliphatic rings. The first-order valence-electron chi connectivity index (χ1n) is 12.3. The monoisotopic (exact) mass is 478 g/mol. The molecule has 182 valence electrons. The minimum Gasteiger partial charge on any atom is -0.335 e. The molecule has 2 atom stereocenters. The molecule has 1 N–H and O–H groups in total. The third-order valence-electron chi connectivity index (χ3n) is 7.26. The van der Waals surface area contributed by atoms with E-state index in [1.807, 2.05) is 75.8 Å². The van der Waals surface area contributed by atoms with Crippen molar-refractivity contribution in [3.05, 3.63) is 94.6 Å². The maximum Gasteiger partial charge on any atom is 0.258 e. The van der Waals surface area contributed by atoms with E-state index in [1.165, 1.54) is 0 Å². The van der Waals surface area contributed by atoms with Gasteiger partial charge in [0.2, 0.25) is 0 Å². The van der Waals surface area contributed by atoms with Gasteiger partial charge >= 0.3 is 0 Å². The molecule has 5 rings (SSSR count). The lowest BCUT2D eigenvalue weighted by Gasteiger charge is -2.22. The van der Waals surface area contributed by atoms with E-state index in [0.29, 0.717) is 24.2 Å². The third-order valence-corrected chi connectivity index (χ3v) is 7.26. The van der Waals surface area contributed by atoms with Crippen LogP contribution in [0.25, 0.3) is 0 Å². The highest BCUT2D eigenvalue weighted by atomic mass is 16.2. The quantitative estimate of drug-likeness (QED) is 0.549. The number of para-hydroxylation sites is 1. The van der Waals surface area contributed by atoms with Crippen LogP contribution in [0.2, 0.25) is 0 Å². The summed E-state index contributed by atoms with van der Waals surface area (Å²) >= 11 is 0. The normalized spacial score (nSPS) is 20.4. The summed E-state index contributed by atoms with van der Waals surface area (Å²) < 4.78 is 2.09. The van der Waals surface area contributed by atoms with Gasteiger partial charge in [-0.1, -0.05) is 42.5 Å². The molecule has 1 amide bonds. The number of hydrogen-bond donors (Lipinski definition) is 1. The maximum atomic E-state index is 13.1. The summed E-state index contributed by atoms with van der Waals surface area (Å²) in [6.07, 6.45) is 5.53. The van der Waals surface area contributed by atoms with Crippen molar-refractivity contribution in [1.29, 1.82) is 5.26 Å². The lowest BCUT2D eigenvalue weighted by Crippen LogP contribution is -2.26. The Balaban J connectivity index is 1.34. The molecule has 1 aromatic heterocycles. The second-order valence-corrected chi connectivity index (χ2v) is 9.38. The molecule has 0 bridgehead atoms. The highest BCUT2D eigenvalue weighted by Crippen LogP contribution is 2.36. The number of carbonyl (C=O) groups is 1. The second kappa shape index (κ2) is 9.92. The van der Waals surface area contributed by atoms with Crippen LogP contribution >= 0.6 is 0 Å². The second-order valence-electron chi connectivity index (χ2n) is 9.38. The number of aromatic nitrogens is 2. The number of imidazole rings is 1. The van der Waals surface area contributed by atoms with Gasteiger partial charge in [-0.25, -0.2) is 4.98 Å². The summed E-state index contributed by atoms with van der Waals surface area (Å²) in [5.41, 5.74) is 6.25. The van der Waals surface area contributed by atoms with E-state index < -0.39 is 0 Å². The van der Waals surface area contributed by atoms with Crippen LogP contribution in [-0.2, 0) is 7.05 Å². The van der Waals surface area contributed by atoms with Crippen LogP contribution < -0.4 is 10.2 Å². The fourth-order valence-corrected chi connectivity index (χ4v) is 5.19. The predicted octanol–water partition coefficient (Wildman–Crippen LogP) is 4.47. The number of carbonyl (C=O) groups excluding carboxylic acids is 1. The highest BCUT2D eigenvalue weighted by Gasteiger charge is 2.30. The molecule has 2 heterocycles. The van der Waals surface area contributed by atoms with Crippen molar-refractivity contribution < 1.29 is 4.79 Å². The van der Waals surface area contributed by atoms with E-state index in [-0.39, 0.29) is 17.9 Å². The number of fused-ring (bicyclic) bond motifs is 2. The molecule has 2 unspecified atom stereocenters. The Bertz CT molecular complexity index is 1410. The molecule has 0 fully saturated rings. The van der Waals surface area contributed by atoms with Gasteiger partial charge in [-0.05, 0) is 43.0 Å². The van der Waals surface area contributed by atoms with Gasteiger partial charge in [-0.15, -0.1) is 0 Å². The molecule has 36 heavy (non-hydrogen) atoms. The number of nitrogens with zero attached hydrogens (tertiary/aromatic N) is 5. The van der Waals surface area contributed by atoms with Crippen LogP contribution in [0.5, 0.6) is 0 Å². The summed E-state index contributed by atoms with van der Waals surface area (Å²) in [6, 6.07) is 18.0. The zero-order valence-corrected chi connectivity index (χ0v) is 20.9. The Labute approximate surface area is 211 Å². The number of aryl methyl sites for hydroxylation is 1. The lowest BCUT2D eigenvalue weighted by atomic mass is 9.89. The van der Waals surface area contributed by atoms with Gasteiger partial charge in [0, 0.05) is 49.7 Å². The zero-order chi connectivity index (χ0) is 25.2. The minimum absolute atomic E-state index is 0.00828. The summed E-state index contributed by atoms with van der Waals surface area (Å²) in [4.78, 5) is 24.2. The molecule has 0 spiro atoms. The van der Waals surface area contributed by atoms with Crippen LogP contribution in [0.15, 0.2) is 71.4 Å². The van der Waals surface area contributed by atoms with E-state index in [2.05, 4.69) is 27.0 Å². The van der Waals surface area contributed by atoms with Gasteiger partial charge in [0.05, 0.1) is 23.9 Å².